The molecule has 2 aromatic rings. The van der Waals surface area contributed by atoms with Crippen LogP contribution in [0.15, 0.2) is 60.7 Å². The molecule has 6 nitrogen and oxygen atoms in total. The topological polar surface area (TPSA) is 94.0 Å². The number of urea groups is 1. The number of rotatable bonds is 8. The number of nitriles is 1. The summed E-state index contributed by atoms with van der Waals surface area (Å²) in [6, 6.07) is 19.8. The van der Waals surface area contributed by atoms with Gasteiger partial charge in [-0.1, -0.05) is 60.7 Å². The molecule has 0 heterocycles. The van der Waals surface area contributed by atoms with Crippen molar-refractivity contribution in [3.05, 3.63) is 71.8 Å². The molecule has 0 aliphatic heterocycles. The number of amides is 3. The lowest BCUT2D eigenvalue weighted by atomic mass is 10.1. The summed E-state index contributed by atoms with van der Waals surface area (Å²) in [4.78, 5) is 24.6. The van der Waals surface area contributed by atoms with Crippen LogP contribution in [-0.2, 0) is 17.8 Å². The average molecular weight is 350 g/mol. The minimum Gasteiger partial charge on any atom is -0.353 e. The highest BCUT2D eigenvalue weighted by Crippen LogP contribution is 2.04. The van der Waals surface area contributed by atoms with E-state index in [1.165, 1.54) is 0 Å². The van der Waals surface area contributed by atoms with Crippen LogP contribution in [-0.4, -0.2) is 24.5 Å². The van der Waals surface area contributed by atoms with Crippen LogP contribution < -0.4 is 16.0 Å². The van der Waals surface area contributed by atoms with E-state index in [-0.39, 0.29) is 18.9 Å². The highest BCUT2D eigenvalue weighted by Gasteiger charge is 2.20. The molecular formula is C20H22N4O2. The van der Waals surface area contributed by atoms with Crippen molar-refractivity contribution in [1.82, 2.24) is 16.0 Å². The zero-order valence-corrected chi connectivity index (χ0v) is 14.4. The van der Waals surface area contributed by atoms with E-state index in [1.807, 2.05) is 66.7 Å². The lowest BCUT2D eigenvalue weighted by Gasteiger charge is -2.19. The molecule has 6 heteroatoms. The molecule has 0 fully saturated rings. The standard InChI is InChI=1S/C20H22N4O2/c21-12-7-13-22-19(25)18(14-16-8-3-1-4-9-16)24-20(26)23-15-17-10-5-2-6-11-17/h1-6,8-11,18H,7,13-15H2,(H,22,25)(H2,23,24,26). The smallest absolute Gasteiger partial charge is 0.315 e. The van der Waals surface area contributed by atoms with Crippen LogP contribution in [0.25, 0.3) is 0 Å². The lowest BCUT2D eigenvalue weighted by Crippen LogP contribution is -2.51. The van der Waals surface area contributed by atoms with E-state index in [0.29, 0.717) is 13.0 Å². The van der Waals surface area contributed by atoms with Gasteiger partial charge >= 0.3 is 6.03 Å². The number of hydrogen-bond donors (Lipinski definition) is 3. The third-order valence-electron chi connectivity index (χ3n) is 3.74. The van der Waals surface area contributed by atoms with Gasteiger partial charge in [-0.2, -0.15) is 5.26 Å². The fraction of sp³-hybridized carbons (Fsp3) is 0.250. The molecule has 1 atom stereocenters. The molecule has 3 N–H and O–H groups in total. The molecule has 1 unspecified atom stereocenters. The van der Waals surface area contributed by atoms with Crippen molar-refractivity contribution in [2.75, 3.05) is 6.54 Å². The van der Waals surface area contributed by atoms with Crippen LogP contribution in [0, 0.1) is 11.3 Å². The van der Waals surface area contributed by atoms with Gasteiger partial charge in [0.1, 0.15) is 6.04 Å². The van der Waals surface area contributed by atoms with Gasteiger partial charge in [-0.15, -0.1) is 0 Å². The van der Waals surface area contributed by atoms with Gasteiger partial charge in [0.25, 0.3) is 0 Å². The number of carbonyl (C=O) groups is 2. The van der Waals surface area contributed by atoms with E-state index in [2.05, 4.69) is 16.0 Å². The van der Waals surface area contributed by atoms with Gasteiger partial charge < -0.3 is 16.0 Å². The monoisotopic (exact) mass is 350 g/mol. The van der Waals surface area contributed by atoms with Crippen molar-refractivity contribution in [2.45, 2.75) is 25.4 Å². The van der Waals surface area contributed by atoms with Crippen LogP contribution >= 0.6 is 0 Å². The van der Waals surface area contributed by atoms with Crippen molar-refractivity contribution >= 4 is 11.9 Å². The summed E-state index contributed by atoms with van der Waals surface area (Å²) in [5.74, 6) is -0.307. The van der Waals surface area contributed by atoms with Gasteiger partial charge in [-0.05, 0) is 11.1 Å². The van der Waals surface area contributed by atoms with Gasteiger partial charge in [0.05, 0.1) is 12.5 Å². The molecule has 2 aromatic carbocycles. The fourth-order valence-corrected chi connectivity index (χ4v) is 2.41. The summed E-state index contributed by atoms with van der Waals surface area (Å²) in [6.07, 6.45) is 0.599. The summed E-state index contributed by atoms with van der Waals surface area (Å²) >= 11 is 0. The molecule has 0 spiro atoms. The van der Waals surface area contributed by atoms with Gasteiger partial charge in [0, 0.05) is 19.5 Å². The van der Waals surface area contributed by atoms with Crippen LogP contribution in [0.5, 0.6) is 0 Å². The molecule has 134 valence electrons. The minimum atomic E-state index is -0.716. The highest BCUT2D eigenvalue weighted by atomic mass is 16.2. The Labute approximate surface area is 153 Å². The Hall–Kier alpha value is -3.33. The van der Waals surface area contributed by atoms with Crippen LogP contribution in [0.4, 0.5) is 4.79 Å². The maximum absolute atomic E-state index is 12.4. The molecule has 3 amide bonds. The molecule has 0 aromatic heterocycles. The zero-order valence-electron chi connectivity index (χ0n) is 14.4. The van der Waals surface area contributed by atoms with E-state index in [0.717, 1.165) is 11.1 Å². The number of carbonyl (C=O) groups excluding carboxylic acids is 2. The van der Waals surface area contributed by atoms with Gasteiger partial charge in [-0.25, -0.2) is 4.79 Å². The maximum atomic E-state index is 12.4. The van der Waals surface area contributed by atoms with E-state index >= 15 is 0 Å². The molecule has 0 aliphatic rings. The predicted octanol–water partition coefficient (Wildman–Crippen LogP) is 2.13. The third-order valence-corrected chi connectivity index (χ3v) is 3.74. The van der Waals surface area contributed by atoms with E-state index in [1.54, 1.807) is 0 Å². The Morgan fingerprint density at radius 3 is 2.15 bits per heavy atom. The Balaban J connectivity index is 1.94. The molecule has 0 saturated heterocycles. The highest BCUT2D eigenvalue weighted by molar-refractivity contribution is 5.87. The number of hydrogen-bond acceptors (Lipinski definition) is 3. The predicted molar refractivity (Wildman–Crippen MR) is 99.0 cm³/mol. The summed E-state index contributed by atoms with van der Waals surface area (Å²) in [5, 5.41) is 16.7. The molecule has 26 heavy (non-hydrogen) atoms. The van der Waals surface area contributed by atoms with Crippen LogP contribution in [0.2, 0.25) is 0 Å². The first-order valence-corrected chi connectivity index (χ1v) is 8.46. The number of nitrogens with one attached hydrogen (secondary N) is 3. The van der Waals surface area contributed by atoms with Crippen molar-refractivity contribution in [3.63, 3.8) is 0 Å². The van der Waals surface area contributed by atoms with Gasteiger partial charge in [0.2, 0.25) is 5.91 Å². The Morgan fingerprint density at radius 2 is 1.54 bits per heavy atom. The average Bonchev–Trinajstić information content (AvgIpc) is 2.67. The number of benzene rings is 2. The van der Waals surface area contributed by atoms with Crippen molar-refractivity contribution in [1.29, 1.82) is 5.26 Å². The molecule has 0 aliphatic carbocycles. The first-order chi connectivity index (χ1) is 12.7. The first kappa shape index (κ1) is 19.0. The van der Waals surface area contributed by atoms with Gasteiger partial charge in [-0.3, -0.25) is 4.79 Å². The molecule has 2 rings (SSSR count). The quantitative estimate of drug-likeness (QED) is 0.637. The first-order valence-electron chi connectivity index (χ1n) is 8.46. The fourth-order valence-electron chi connectivity index (χ4n) is 2.41. The Bertz CT molecular complexity index is 741. The summed E-state index contributed by atoms with van der Waals surface area (Å²) in [5.41, 5.74) is 1.91. The van der Waals surface area contributed by atoms with Crippen molar-refractivity contribution in [2.24, 2.45) is 0 Å². The van der Waals surface area contributed by atoms with Crippen molar-refractivity contribution < 1.29 is 9.59 Å². The van der Waals surface area contributed by atoms with E-state index in [9.17, 15) is 9.59 Å². The van der Waals surface area contributed by atoms with E-state index < -0.39 is 12.1 Å². The number of nitrogens with zero attached hydrogens (tertiary/aromatic N) is 1. The Kier molecular flexibility index (Phi) is 7.69. The Morgan fingerprint density at radius 1 is 0.923 bits per heavy atom. The summed E-state index contributed by atoms with van der Waals surface area (Å²) in [7, 11) is 0. The second kappa shape index (κ2) is 10.5. The normalized spacial score (nSPS) is 11.0. The second-order valence-electron chi connectivity index (χ2n) is 5.75. The lowest BCUT2D eigenvalue weighted by molar-refractivity contribution is -0.122. The largest absolute Gasteiger partial charge is 0.353 e. The SMILES string of the molecule is N#CCCNC(=O)C(Cc1ccccc1)NC(=O)NCc1ccccc1. The van der Waals surface area contributed by atoms with Crippen molar-refractivity contribution in [3.8, 4) is 6.07 Å². The molecule has 0 radical (unpaired) electrons. The summed E-state index contributed by atoms with van der Waals surface area (Å²) in [6.45, 7) is 0.634. The van der Waals surface area contributed by atoms with Gasteiger partial charge in [0.15, 0.2) is 0 Å². The summed E-state index contributed by atoms with van der Waals surface area (Å²) < 4.78 is 0. The van der Waals surface area contributed by atoms with E-state index in [4.69, 9.17) is 5.26 Å². The third kappa shape index (κ3) is 6.65. The molecule has 0 saturated carbocycles. The molecule has 0 bridgehead atoms. The molecular weight excluding hydrogens is 328 g/mol. The minimum absolute atomic E-state index is 0.226. The maximum Gasteiger partial charge on any atom is 0.315 e. The zero-order chi connectivity index (χ0) is 18.6. The second-order valence-corrected chi connectivity index (χ2v) is 5.75. The van der Waals surface area contributed by atoms with Crippen LogP contribution in [0.3, 0.4) is 0 Å². The van der Waals surface area contributed by atoms with Crippen LogP contribution in [0.1, 0.15) is 17.5 Å².